The minimum absolute atomic E-state index is 0.149. The maximum atomic E-state index is 5.51. The van der Waals surface area contributed by atoms with Crippen molar-refractivity contribution in [3.63, 3.8) is 0 Å². The van der Waals surface area contributed by atoms with Gasteiger partial charge in [0.2, 0.25) is 0 Å². The van der Waals surface area contributed by atoms with E-state index in [1.165, 1.54) is 0 Å². The Hall–Kier alpha value is -1.40. The van der Waals surface area contributed by atoms with Crippen LogP contribution in [0.15, 0.2) is 11.6 Å². The lowest BCUT2D eigenvalue weighted by atomic mass is 10.1. The molecule has 2 aromatic heterocycles. The molecule has 2 rings (SSSR count). The summed E-state index contributed by atoms with van der Waals surface area (Å²) < 4.78 is 7.54. The molecule has 1 unspecified atom stereocenters. The van der Waals surface area contributed by atoms with Gasteiger partial charge in [-0.2, -0.15) is 5.10 Å². The van der Waals surface area contributed by atoms with E-state index in [1.54, 1.807) is 24.6 Å². The number of nitrogens with zero attached hydrogens (tertiary/aromatic N) is 3. The standard InChI is InChI=1S/C15H24N4OS/c1-6-16-13(7-12-9-21-11(4)18-12)15-14(20-5)8-17-19(15)10(2)3/h8-10,13,16H,6-7H2,1-5H3. The highest BCUT2D eigenvalue weighted by Gasteiger charge is 2.23. The highest BCUT2D eigenvalue weighted by molar-refractivity contribution is 7.09. The maximum absolute atomic E-state index is 5.51. The van der Waals surface area contributed by atoms with Crippen LogP contribution in [-0.4, -0.2) is 28.4 Å². The molecule has 0 aliphatic carbocycles. The molecule has 116 valence electrons. The van der Waals surface area contributed by atoms with E-state index in [9.17, 15) is 0 Å². The monoisotopic (exact) mass is 308 g/mol. The number of nitrogens with one attached hydrogen (secondary N) is 1. The van der Waals surface area contributed by atoms with Gasteiger partial charge in [0, 0.05) is 17.8 Å². The van der Waals surface area contributed by atoms with E-state index in [0.717, 1.165) is 35.1 Å². The first-order valence-electron chi connectivity index (χ1n) is 7.32. The lowest BCUT2D eigenvalue weighted by molar-refractivity contribution is 0.383. The summed E-state index contributed by atoms with van der Waals surface area (Å²) in [7, 11) is 1.70. The van der Waals surface area contributed by atoms with E-state index in [0.29, 0.717) is 6.04 Å². The van der Waals surface area contributed by atoms with Gasteiger partial charge in [0.15, 0.2) is 5.75 Å². The first kappa shape index (κ1) is 16.0. The van der Waals surface area contributed by atoms with Crippen molar-refractivity contribution in [3.8, 4) is 5.75 Å². The SMILES string of the molecule is CCNC(Cc1csc(C)n1)c1c(OC)cnn1C(C)C. The van der Waals surface area contributed by atoms with Crippen molar-refractivity contribution >= 4 is 11.3 Å². The van der Waals surface area contributed by atoms with Gasteiger partial charge in [-0.3, -0.25) is 4.68 Å². The van der Waals surface area contributed by atoms with Gasteiger partial charge in [-0.05, 0) is 27.3 Å². The lowest BCUT2D eigenvalue weighted by Crippen LogP contribution is -2.27. The third kappa shape index (κ3) is 3.63. The third-order valence-corrected chi connectivity index (χ3v) is 4.19. The quantitative estimate of drug-likeness (QED) is 0.854. The van der Waals surface area contributed by atoms with Crippen molar-refractivity contribution in [2.45, 2.75) is 46.2 Å². The van der Waals surface area contributed by atoms with Crippen molar-refractivity contribution < 1.29 is 4.74 Å². The fraction of sp³-hybridized carbons (Fsp3) is 0.600. The van der Waals surface area contributed by atoms with E-state index in [4.69, 9.17) is 4.74 Å². The minimum Gasteiger partial charge on any atom is -0.493 e. The summed E-state index contributed by atoms with van der Waals surface area (Å²) >= 11 is 1.69. The van der Waals surface area contributed by atoms with Gasteiger partial charge in [0.25, 0.3) is 0 Å². The topological polar surface area (TPSA) is 52.0 Å². The second-order valence-electron chi connectivity index (χ2n) is 5.31. The second-order valence-corrected chi connectivity index (χ2v) is 6.37. The third-order valence-electron chi connectivity index (χ3n) is 3.37. The van der Waals surface area contributed by atoms with Gasteiger partial charge in [-0.15, -0.1) is 11.3 Å². The fourth-order valence-corrected chi connectivity index (χ4v) is 3.10. The molecule has 0 spiro atoms. The number of hydrogen-bond acceptors (Lipinski definition) is 5. The largest absolute Gasteiger partial charge is 0.493 e. The summed E-state index contributed by atoms with van der Waals surface area (Å²) in [6.45, 7) is 9.30. The van der Waals surface area contributed by atoms with Gasteiger partial charge < -0.3 is 10.1 Å². The smallest absolute Gasteiger partial charge is 0.161 e. The number of thiazole rings is 1. The van der Waals surface area contributed by atoms with Crippen LogP contribution in [0.3, 0.4) is 0 Å². The Morgan fingerprint density at radius 3 is 2.71 bits per heavy atom. The molecule has 5 nitrogen and oxygen atoms in total. The normalized spacial score (nSPS) is 12.9. The summed E-state index contributed by atoms with van der Waals surface area (Å²) in [5.74, 6) is 0.835. The van der Waals surface area contributed by atoms with E-state index in [-0.39, 0.29) is 6.04 Å². The molecule has 0 fully saturated rings. The lowest BCUT2D eigenvalue weighted by Gasteiger charge is -2.21. The molecule has 2 heterocycles. The number of rotatable bonds is 7. The summed E-state index contributed by atoms with van der Waals surface area (Å²) in [4.78, 5) is 4.58. The zero-order chi connectivity index (χ0) is 15.4. The predicted molar refractivity (Wildman–Crippen MR) is 86.1 cm³/mol. The van der Waals surface area contributed by atoms with Crippen LogP contribution in [0.4, 0.5) is 0 Å². The van der Waals surface area contributed by atoms with E-state index >= 15 is 0 Å². The highest BCUT2D eigenvalue weighted by Crippen LogP contribution is 2.30. The molecule has 0 aromatic carbocycles. The van der Waals surface area contributed by atoms with Crippen LogP contribution in [-0.2, 0) is 6.42 Å². The van der Waals surface area contributed by atoms with Crippen molar-refractivity contribution in [2.24, 2.45) is 0 Å². The van der Waals surface area contributed by atoms with Crippen molar-refractivity contribution in [1.29, 1.82) is 0 Å². The molecule has 0 amide bonds. The number of likely N-dealkylation sites (N-methyl/N-ethyl adjacent to an activating group) is 1. The Labute approximate surface area is 130 Å². The molecule has 0 radical (unpaired) electrons. The van der Waals surface area contributed by atoms with E-state index < -0.39 is 0 Å². The molecule has 0 saturated carbocycles. The molecule has 1 atom stereocenters. The van der Waals surface area contributed by atoms with Crippen molar-refractivity contribution in [1.82, 2.24) is 20.1 Å². The predicted octanol–water partition coefficient (Wildman–Crippen LogP) is 3.13. The molecule has 0 bridgehead atoms. The van der Waals surface area contributed by atoms with Gasteiger partial charge >= 0.3 is 0 Å². The average molecular weight is 308 g/mol. The Morgan fingerprint density at radius 1 is 1.43 bits per heavy atom. The maximum Gasteiger partial charge on any atom is 0.161 e. The fourth-order valence-electron chi connectivity index (χ4n) is 2.48. The Balaban J connectivity index is 2.34. The van der Waals surface area contributed by atoms with E-state index in [2.05, 4.69) is 41.6 Å². The highest BCUT2D eigenvalue weighted by atomic mass is 32.1. The van der Waals surface area contributed by atoms with Gasteiger partial charge in [-0.25, -0.2) is 4.98 Å². The summed E-state index contributed by atoms with van der Waals surface area (Å²) in [6.07, 6.45) is 2.64. The second kappa shape index (κ2) is 7.04. The molecular weight excluding hydrogens is 284 g/mol. The van der Waals surface area contributed by atoms with Gasteiger partial charge in [0.1, 0.15) is 0 Å². The minimum atomic E-state index is 0.149. The van der Waals surface area contributed by atoms with Crippen LogP contribution in [0.1, 0.15) is 49.3 Å². The molecule has 0 aliphatic rings. The number of aromatic nitrogens is 3. The number of ether oxygens (including phenoxy) is 1. The van der Waals surface area contributed by atoms with Crippen molar-refractivity contribution in [2.75, 3.05) is 13.7 Å². The van der Waals surface area contributed by atoms with Crippen molar-refractivity contribution in [3.05, 3.63) is 28.0 Å². The van der Waals surface area contributed by atoms with E-state index in [1.807, 2.05) is 11.6 Å². The van der Waals surface area contributed by atoms with Gasteiger partial charge in [-0.1, -0.05) is 6.92 Å². The molecule has 0 aliphatic heterocycles. The molecule has 0 saturated heterocycles. The van der Waals surface area contributed by atoms with Crippen LogP contribution < -0.4 is 10.1 Å². The number of aryl methyl sites for hydroxylation is 1. The molecule has 21 heavy (non-hydrogen) atoms. The molecule has 6 heteroatoms. The average Bonchev–Trinajstić information content (AvgIpc) is 3.04. The number of hydrogen-bond donors (Lipinski definition) is 1. The van der Waals surface area contributed by atoms with Crippen LogP contribution in [0, 0.1) is 6.92 Å². The van der Waals surface area contributed by atoms with Crippen LogP contribution >= 0.6 is 11.3 Å². The summed E-state index contributed by atoms with van der Waals surface area (Å²) in [5.41, 5.74) is 2.21. The Kier molecular flexibility index (Phi) is 5.36. The summed E-state index contributed by atoms with van der Waals surface area (Å²) in [6, 6.07) is 0.443. The summed E-state index contributed by atoms with van der Waals surface area (Å²) in [5, 5.41) is 11.2. The first-order chi connectivity index (χ1) is 10.1. The Morgan fingerprint density at radius 2 is 2.19 bits per heavy atom. The molecule has 1 N–H and O–H groups in total. The molecule has 2 aromatic rings. The zero-order valence-electron chi connectivity index (χ0n) is 13.4. The zero-order valence-corrected chi connectivity index (χ0v) is 14.2. The van der Waals surface area contributed by atoms with Crippen LogP contribution in [0.2, 0.25) is 0 Å². The van der Waals surface area contributed by atoms with Crippen LogP contribution in [0.25, 0.3) is 0 Å². The number of methoxy groups -OCH3 is 1. The first-order valence-corrected chi connectivity index (χ1v) is 8.20. The molecular formula is C15H24N4OS. The van der Waals surface area contributed by atoms with Crippen LogP contribution in [0.5, 0.6) is 5.75 Å². The van der Waals surface area contributed by atoms with Gasteiger partial charge in [0.05, 0.1) is 35.7 Å². The Bertz CT molecular complexity index is 576.